The Morgan fingerprint density at radius 2 is 2.35 bits per heavy atom. The maximum atomic E-state index is 9.55. The summed E-state index contributed by atoms with van der Waals surface area (Å²) in [6.07, 6.45) is 4.24. The summed E-state index contributed by atoms with van der Waals surface area (Å²) in [4.78, 5) is 0. The Kier molecular flexibility index (Phi) is 3.21. The maximum Gasteiger partial charge on any atom is 0.129 e. The van der Waals surface area contributed by atoms with Crippen molar-refractivity contribution in [2.75, 3.05) is 0 Å². The number of hydrogen-bond donors (Lipinski definition) is 1. The quantitative estimate of drug-likeness (QED) is 0.843. The molecule has 0 aliphatic heterocycles. The van der Waals surface area contributed by atoms with E-state index in [1.165, 1.54) is 0 Å². The number of nitrogens with one attached hydrogen (secondary N) is 1. The molecule has 0 spiro atoms. The van der Waals surface area contributed by atoms with E-state index in [9.17, 15) is 5.26 Å². The Labute approximate surface area is 103 Å². The van der Waals surface area contributed by atoms with Crippen LogP contribution in [0.3, 0.4) is 0 Å². The van der Waals surface area contributed by atoms with E-state index < -0.39 is 5.54 Å². The third-order valence-electron chi connectivity index (χ3n) is 3.21. The van der Waals surface area contributed by atoms with Crippen molar-refractivity contribution in [3.63, 3.8) is 0 Å². The predicted octanol–water partition coefficient (Wildman–Crippen LogP) is 1.86. The standard InChI is InChI=1S/C13H20N4/c1-10(2)15-13(8-14,12-4-5-12)9-17-7-6-11(3)16-17/h6-7,10,12,15H,4-5,9H2,1-3H3. The Morgan fingerprint density at radius 3 is 2.76 bits per heavy atom. The summed E-state index contributed by atoms with van der Waals surface area (Å²) >= 11 is 0. The number of nitrogens with zero attached hydrogens (tertiary/aromatic N) is 3. The van der Waals surface area contributed by atoms with Gasteiger partial charge in [0.15, 0.2) is 0 Å². The number of rotatable bonds is 5. The number of aromatic nitrogens is 2. The highest BCUT2D eigenvalue weighted by Crippen LogP contribution is 2.40. The Balaban J connectivity index is 2.18. The van der Waals surface area contributed by atoms with Crippen LogP contribution in [0.4, 0.5) is 0 Å². The summed E-state index contributed by atoms with van der Waals surface area (Å²) in [7, 11) is 0. The fourth-order valence-electron chi connectivity index (χ4n) is 2.35. The van der Waals surface area contributed by atoms with E-state index in [1.54, 1.807) is 0 Å². The molecule has 0 saturated heterocycles. The van der Waals surface area contributed by atoms with E-state index >= 15 is 0 Å². The fraction of sp³-hybridized carbons (Fsp3) is 0.692. The van der Waals surface area contributed by atoms with Gasteiger partial charge >= 0.3 is 0 Å². The van der Waals surface area contributed by atoms with Crippen LogP contribution in [0.5, 0.6) is 0 Å². The maximum absolute atomic E-state index is 9.55. The average molecular weight is 232 g/mol. The summed E-state index contributed by atoms with van der Waals surface area (Å²) in [5, 5.41) is 17.4. The molecule has 0 radical (unpaired) electrons. The third-order valence-corrected chi connectivity index (χ3v) is 3.21. The van der Waals surface area contributed by atoms with Gasteiger partial charge in [0, 0.05) is 12.2 Å². The lowest BCUT2D eigenvalue weighted by molar-refractivity contribution is 0.284. The van der Waals surface area contributed by atoms with E-state index in [0.29, 0.717) is 18.5 Å². The molecule has 0 amide bonds. The van der Waals surface area contributed by atoms with Crippen LogP contribution >= 0.6 is 0 Å². The molecule has 4 heteroatoms. The molecule has 1 aliphatic carbocycles. The lowest BCUT2D eigenvalue weighted by Gasteiger charge is -2.30. The normalized spacial score (nSPS) is 19.0. The van der Waals surface area contributed by atoms with E-state index in [2.05, 4.69) is 30.3 Å². The average Bonchev–Trinajstić information content (AvgIpc) is 3.03. The smallest absolute Gasteiger partial charge is 0.129 e. The first-order valence-electron chi connectivity index (χ1n) is 6.25. The summed E-state index contributed by atoms with van der Waals surface area (Å²) in [5.74, 6) is 0.472. The van der Waals surface area contributed by atoms with Crippen molar-refractivity contribution in [3.8, 4) is 6.07 Å². The zero-order chi connectivity index (χ0) is 12.5. The summed E-state index contributed by atoms with van der Waals surface area (Å²) in [6.45, 7) is 6.78. The van der Waals surface area contributed by atoms with Crippen LogP contribution in [0.1, 0.15) is 32.4 Å². The van der Waals surface area contributed by atoms with E-state index in [1.807, 2.05) is 23.9 Å². The Morgan fingerprint density at radius 1 is 1.65 bits per heavy atom. The molecule has 1 aliphatic rings. The lowest BCUT2D eigenvalue weighted by Crippen LogP contribution is -2.52. The molecule has 2 rings (SSSR count). The Hall–Kier alpha value is -1.34. The van der Waals surface area contributed by atoms with Gasteiger partial charge in [-0.15, -0.1) is 0 Å². The lowest BCUT2D eigenvalue weighted by atomic mass is 9.94. The minimum Gasteiger partial charge on any atom is -0.295 e. The van der Waals surface area contributed by atoms with Crippen molar-refractivity contribution in [1.29, 1.82) is 5.26 Å². The van der Waals surface area contributed by atoms with Crippen LogP contribution in [0.15, 0.2) is 12.3 Å². The molecule has 4 nitrogen and oxygen atoms in total. The van der Waals surface area contributed by atoms with Gasteiger partial charge in [-0.2, -0.15) is 10.4 Å². The molecule has 17 heavy (non-hydrogen) atoms. The first-order chi connectivity index (χ1) is 8.05. The molecule has 1 atom stereocenters. The van der Waals surface area contributed by atoms with E-state index in [0.717, 1.165) is 18.5 Å². The molecule has 0 bridgehead atoms. The van der Waals surface area contributed by atoms with Crippen LogP contribution in [-0.2, 0) is 6.54 Å². The van der Waals surface area contributed by atoms with E-state index in [4.69, 9.17) is 0 Å². The molecule has 1 fully saturated rings. The monoisotopic (exact) mass is 232 g/mol. The van der Waals surface area contributed by atoms with Crippen LogP contribution in [0.2, 0.25) is 0 Å². The van der Waals surface area contributed by atoms with Crippen LogP contribution in [0.25, 0.3) is 0 Å². The summed E-state index contributed by atoms with van der Waals surface area (Å²) in [5.41, 5.74) is 0.546. The zero-order valence-electron chi connectivity index (χ0n) is 10.8. The first-order valence-corrected chi connectivity index (χ1v) is 6.25. The molecule has 0 aromatic carbocycles. The van der Waals surface area contributed by atoms with Gasteiger partial charge in [-0.05, 0) is 45.6 Å². The van der Waals surface area contributed by atoms with Gasteiger partial charge in [-0.1, -0.05) is 0 Å². The highest BCUT2D eigenvalue weighted by atomic mass is 15.3. The number of hydrogen-bond acceptors (Lipinski definition) is 3. The molecule has 1 aromatic rings. The van der Waals surface area contributed by atoms with Crippen LogP contribution < -0.4 is 5.32 Å². The van der Waals surface area contributed by atoms with Gasteiger partial charge in [0.2, 0.25) is 0 Å². The van der Waals surface area contributed by atoms with Gasteiger partial charge in [-0.3, -0.25) is 10.00 Å². The summed E-state index contributed by atoms with van der Waals surface area (Å²) in [6, 6.07) is 4.78. The van der Waals surface area contributed by atoms with Crippen molar-refractivity contribution >= 4 is 0 Å². The van der Waals surface area contributed by atoms with E-state index in [-0.39, 0.29) is 0 Å². The van der Waals surface area contributed by atoms with Crippen molar-refractivity contribution in [2.45, 2.75) is 51.7 Å². The Bertz CT molecular complexity index is 425. The van der Waals surface area contributed by atoms with Crippen molar-refractivity contribution in [3.05, 3.63) is 18.0 Å². The first kappa shape index (κ1) is 12.1. The summed E-state index contributed by atoms with van der Waals surface area (Å²) < 4.78 is 1.88. The minimum absolute atomic E-state index is 0.312. The van der Waals surface area contributed by atoms with Crippen LogP contribution in [0, 0.1) is 24.2 Å². The second-order valence-corrected chi connectivity index (χ2v) is 5.31. The SMILES string of the molecule is Cc1ccn(CC(C#N)(NC(C)C)C2CC2)n1. The molecular weight excluding hydrogens is 212 g/mol. The third kappa shape index (κ3) is 2.67. The molecule has 1 unspecified atom stereocenters. The molecule has 1 N–H and O–H groups in total. The molecule has 1 saturated carbocycles. The highest BCUT2D eigenvalue weighted by Gasteiger charge is 2.46. The molecular formula is C13H20N4. The zero-order valence-corrected chi connectivity index (χ0v) is 10.8. The van der Waals surface area contributed by atoms with Gasteiger partial charge in [0.05, 0.1) is 18.3 Å². The van der Waals surface area contributed by atoms with Crippen LogP contribution in [-0.4, -0.2) is 21.4 Å². The largest absolute Gasteiger partial charge is 0.295 e. The van der Waals surface area contributed by atoms with Crippen molar-refractivity contribution in [1.82, 2.24) is 15.1 Å². The van der Waals surface area contributed by atoms with Gasteiger partial charge in [0.1, 0.15) is 5.54 Å². The van der Waals surface area contributed by atoms with Gasteiger partial charge in [-0.25, -0.2) is 0 Å². The number of nitriles is 1. The number of aryl methyl sites for hydroxylation is 1. The van der Waals surface area contributed by atoms with Gasteiger partial charge in [0.25, 0.3) is 0 Å². The van der Waals surface area contributed by atoms with Crippen molar-refractivity contribution < 1.29 is 0 Å². The topological polar surface area (TPSA) is 53.6 Å². The second kappa shape index (κ2) is 4.50. The molecule has 1 aromatic heterocycles. The van der Waals surface area contributed by atoms with Crippen molar-refractivity contribution in [2.24, 2.45) is 5.92 Å². The van der Waals surface area contributed by atoms with Gasteiger partial charge < -0.3 is 0 Å². The predicted molar refractivity (Wildman–Crippen MR) is 66.3 cm³/mol. The highest BCUT2D eigenvalue weighted by molar-refractivity contribution is 5.16. The molecule has 1 heterocycles. The minimum atomic E-state index is -0.452. The second-order valence-electron chi connectivity index (χ2n) is 5.31. The molecule has 92 valence electrons. The fourth-order valence-corrected chi connectivity index (χ4v) is 2.35.